The van der Waals surface area contributed by atoms with E-state index in [1.54, 1.807) is 6.07 Å². The highest BCUT2D eigenvalue weighted by Gasteiger charge is 2.15. The molecule has 3 heteroatoms. The molecular weight excluding hydrogens is 204 g/mol. The Hall–Kier alpha value is -2.03. The van der Waals surface area contributed by atoms with Crippen molar-refractivity contribution in [1.82, 2.24) is 0 Å². The second-order valence-electron chi connectivity index (χ2n) is 3.87. The third-order valence-corrected chi connectivity index (χ3v) is 2.92. The van der Waals surface area contributed by atoms with Crippen LogP contribution < -0.4 is 5.63 Å². The standard InChI is InChI=1S/C13H10O3/c1-7-8(2)15-12-9-5-3-4-6-10(9)16-13(14)11(7)12/h3-6H,1-2H3. The molecule has 0 spiro atoms. The highest BCUT2D eigenvalue weighted by molar-refractivity contribution is 6.02. The minimum absolute atomic E-state index is 0.331. The number of furan rings is 1. The molecular formula is C13H10O3. The van der Waals surface area contributed by atoms with E-state index in [-0.39, 0.29) is 5.63 Å². The largest absolute Gasteiger partial charge is 0.460 e. The predicted octanol–water partition coefficient (Wildman–Crippen LogP) is 3.16. The maximum absolute atomic E-state index is 11.8. The van der Waals surface area contributed by atoms with Gasteiger partial charge in [0, 0.05) is 5.56 Å². The van der Waals surface area contributed by atoms with Gasteiger partial charge in [0.25, 0.3) is 0 Å². The number of hydrogen-bond donors (Lipinski definition) is 0. The van der Waals surface area contributed by atoms with Crippen molar-refractivity contribution < 1.29 is 8.83 Å². The SMILES string of the molecule is Cc1oc2c(c1C)c(=O)oc1ccccc12. The van der Waals surface area contributed by atoms with Crippen molar-refractivity contribution in [3.05, 3.63) is 46.0 Å². The van der Waals surface area contributed by atoms with Crippen molar-refractivity contribution >= 4 is 21.9 Å². The summed E-state index contributed by atoms with van der Waals surface area (Å²) in [7, 11) is 0. The number of hydrogen-bond acceptors (Lipinski definition) is 3. The van der Waals surface area contributed by atoms with Crippen molar-refractivity contribution in [3.8, 4) is 0 Å². The van der Waals surface area contributed by atoms with Gasteiger partial charge in [-0.25, -0.2) is 4.79 Å². The molecule has 1 aromatic carbocycles. The summed E-state index contributed by atoms with van der Waals surface area (Å²) >= 11 is 0. The first-order valence-corrected chi connectivity index (χ1v) is 5.10. The van der Waals surface area contributed by atoms with Crippen LogP contribution in [0.1, 0.15) is 11.3 Å². The molecule has 0 aliphatic heterocycles. The molecule has 2 heterocycles. The lowest BCUT2D eigenvalue weighted by Crippen LogP contribution is -1.99. The van der Waals surface area contributed by atoms with E-state index < -0.39 is 0 Å². The Morgan fingerprint density at radius 3 is 2.62 bits per heavy atom. The van der Waals surface area contributed by atoms with Crippen LogP contribution in [-0.2, 0) is 0 Å². The number of para-hydroxylation sites is 1. The van der Waals surface area contributed by atoms with Crippen molar-refractivity contribution in [2.45, 2.75) is 13.8 Å². The molecule has 3 nitrogen and oxygen atoms in total. The van der Waals surface area contributed by atoms with Gasteiger partial charge in [-0.05, 0) is 26.0 Å². The molecule has 0 aliphatic carbocycles. The first-order valence-electron chi connectivity index (χ1n) is 5.10. The molecule has 0 atom stereocenters. The van der Waals surface area contributed by atoms with Crippen molar-refractivity contribution in [2.24, 2.45) is 0 Å². The van der Waals surface area contributed by atoms with Crippen molar-refractivity contribution in [1.29, 1.82) is 0 Å². The van der Waals surface area contributed by atoms with E-state index in [4.69, 9.17) is 8.83 Å². The van der Waals surface area contributed by atoms with Gasteiger partial charge in [-0.1, -0.05) is 12.1 Å². The van der Waals surface area contributed by atoms with E-state index in [2.05, 4.69) is 0 Å². The maximum atomic E-state index is 11.8. The molecule has 2 aromatic heterocycles. The highest BCUT2D eigenvalue weighted by Crippen LogP contribution is 2.28. The van der Waals surface area contributed by atoms with Gasteiger partial charge in [-0.2, -0.15) is 0 Å². The van der Waals surface area contributed by atoms with E-state index in [9.17, 15) is 4.79 Å². The normalized spacial score (nSPS) is 11.4. The zero-order chi connectivity index (χ0) is 11.3. The Labute approximate surface area is 91.3 Å². The lowest BCUT2D eigenvalue weighted by molar-refractivity contribution is 0.559. The summed E-state index contributed by atoms with van der Waals surface area (Å²) in [5, 5.41) is 1.39. The second-order valence-corrected chi connectivity index (χ2v) is 3.87. The number of aryl methyl sites for hydroxylation is 2. The van der Waals surface area contributed by atoms with Crippen LogP contribution in [0.15, 0.2) is 37.9 Å². The van der Waals surface area contributed by atoms with Crippen LogP contribution in [0.5, 0.6) is 0 Å². The number of benzene rings is 1. The smallest absolute Gasteiger partial charge is 0.347 e. The molecule has 0 bridgehead atoms. The maximum Gasteiger partial charge on any atom is 0.347 e. The van der Waals surface area contributed by atoms with Crippen LogP contribution in [-0.4, -0.2) is 0 Å². The van der Waals surface area contributed by atoms with Crippen LogP contribution in [0.4, 0.5) is 0 Å². The molecule has 0 radical (unpaired) electrons. The Balaban J connectivity index is 2.70. The molecule has 0 unspecified atom stereocenters. The van der Waals surface area contributed by atoms with Gasteiger partial charge in [0.15, 0.2) is 5.58 Å². The van der Waals surface area contributed by atoms with Crippen LogP contribution in [0.2, 0.25) is 0 Å². The summed E-state index contributed by atoms with van der Waals surface area (Å²) in [6, 6.07) is 7.39. The third kappa shape index (κ3) is 1.05. The fraction of sp³-hybridized carbons (Fsp3) is 0.154. The average Bonchev–Trinajstić information content (AvgIpc) is 2.57. The van der Waals surface area contributed by atoms with Gasteiger partial charge >= 0.3 is 5.63 Å². The molecule has 80 valence electrons. The minimum Gasteiger partial charge on any atom is -0.460 e. The number of fused-ring (bicyclic) bond motifs is 3. The molecule has 0 amide bonds. The van der Waals surface area contributed by atoms with Crippen LogP contribution in [0.25, 0.3) is 21.9 Å². The third-order valence-electron chi connectivity index (χ3n) is 2.92. The van der Waals surface area contributed by atoms with Gasteiger partial charge in [0.1, 0.15) is 16.7 Å². The van der Waals surface area contributed by atoms with Gasteiger partial charge < -0.3 is 8.83 Å². The monoisotopic (exact) mass is 214 g/mol. The molecule has 0 aliphatic rings. The second kappa shape index (κ2) is 2.98. The predicted molar refractivity (Wildman–Crippen MR) is 61.7 cm³/mol. The summed E-state index contributed by atoms with van der Waals surface area (Å²) in [4.78, 5) is 11.8. The lowest BCUT2D eigenvalue weighted by atomic mass is 10.1. The Bertz CT molecular complexity index is 747. The Morgan fingerprint density at radius 2 is 1.81 bits per heavy atom. The molecule has 16 heavy (non-hydrogen) atoms. The van der Waals surface area contributed by atoms with E-state index in [1.807, 2.05) is 32.0 Å². The minimum atomic E-state index is -0.331. The Morgan fingerprint density at radius 1 is 1.06 bits per heavy atom. The average molecular weight is 214 g/mol. The quantitative estimate of drug-likeness (QED) is 0.540. The Kier molecular flexibility index (Phi) is 1.72. The lowest BCUT2D eigenvalue weighted by Gasteiger charge is -1.95. The van der Waals surface area contributed by atoms with Crippen molar-refractivity contribution in [3.63, 3.8) is 0 Å². The zero-order valence-electron chi connectivity index (χ0n) is 9.03. The van der Waals surface area contributed by atoms with E-state index in [1.165, 1.54) is 0 Å². The summed E-state index contributed by atoms with van der Waals surface area (Å²) in [5.74, 6) is 0.763. The first-order chi connectivity index (χ1) is 7.68. The van der Waals surface area contributed by atoms with E-state index in [0.29, 0.717) is 16.6 Å². The van der Waals surface area contributed by atoms with Gasteiger partial charge in [0.05, 0.1) is 5.39 Å². The zero-order valence-corrected chi connectivity index (χ0v) is 9.03. The fourth-order valence-electron chi connectivity index (χ4n) is 1.96. The number of rotatable bonds is 0. The summed E-state index contributed by atoms with van der Waals surface area (Å²) in [5.41, 5.74) is 1.72. The van der Waals surface area contributed by atoms with E-state index in [0.717, 1.165) is 16.7 Å². The van der Waals surface area contributed by atoms with Crippen LogP contribution >= 0.6 is 0 Å². The molecule has 0 saturated heterocycles. The fourth-order valence-corrected chi connectivity index (χ4v) is 1.96. The highest BCUT2D eigenvalue weighted by atomic mass is 16.4. The van der Waals surface area contributed by atoms with Crippen molar-refractivity contribution in [2.75, 3.05) is 0 Å². The van der Waals surface area contributed by atoms with Gasteiger partial charge in [-0.3, -0.25) is 0 Å². The molecule has 3 rings (SSSR count). The molecule has 0 fully saturated rings. The summed E-state index contributed by atoms with van der Waals surface area (Å²) < 4.78 is 10.9. The van der Waals surface area contributed by atoms with Crippen LogP contribution in [0.3, 0.4) is 0 Å². The topological polar surface area (TPSA) is 43.4 Å². The summed E-state index contributed by atoms with van der Waals surface area (Å²) in [6.45, 7) is 3.72. The first kappa shape index (κ1) is 9.21. The van der Waals surface area contributed by atoms with E-state index >= 15 is 0 Å². The van der Waals surface area contributed by atoms with Gasteiger partial charge in [-0.15, -0.1) is 0 Å². The summed E-state index contributed by atoms with van der Waals surface area (Å²) in [6.07, 6.45) is 0. The molecule has 0 saturated carbocycles. The van der Waals surface area contributed by atoms with Crippen LogP contribution in [0, 0.1) is 13.8 Å². The molecule has 3 aromatic rings. The van der Waals surface area contributed by atoms with Gasteiger partial charge in [0.2, 0.25) is 0 Å². The molecule has 0 N–H and O–H groups in total.